The van der Waals surface area contributed by atoms with Crippen molar-refractivity contribution in [1.82, 2.24) is 14.9 Å². The fourth-order valence-corrected chi connectivity index (χ4v) is 6.02. The Morgan fingerprint density at radius 3 is 2.30 bits per heavy atom. The SMILES string of the molecule is O=C(Cc1ccc(CN([C@@H]2CCCCNC2=O)S(=O)(=O)c2ccc(Cl)cc2)cc1)NCc1ccccc1. The number of nitrogens with zero attached hydrogens (tertiary/aromatic N) is 1. The molecule has 1 aliphatic rings. The molecule has 0 aromatic heterocycles. The van der Waals surface area contributed by atoms with E-state index in [1.165, 1.54) is 28.6 Å². The normalized spacial score (nSPS) is 16.2. The number of benzene rings is 3. The highest BCUT2D eigenvalue weighted by Crippen LogP contribution is 2.26. The van der Waals surface area contributed by atoms with Gasteiger partial charge in [0.05, 0.1) is 11.3 Å². The van der Waals surface area contributed by atoms with Gasteiger partial charge in [-0.25, -0.2) is 8.42 Å². The van der Waals surface area contributed by atoms with Gasteiger partial charge in [0.15, 0.2) is 0 Å². The van der Waals surface area contributed by atoms with E-state index in [9.17, 15) is 18.0 Å². The minimum atomic E-state index is -3.98. The molecule has 1 heterocycles. The van der Waals surface area contributed by atoms with E-state index in [1.807, 2.05) is 42.5 Å². The molecule has 0 aliphatic carbocycles. The maximum atomic E-state index is 13.7. The van der Waals surface area contributed by atoms with E-state index in [2.05, 4.69) is 10.6 Å². The predicted octanol–water partition coefficient (Wildman–Crippen LogP) is 4.06. The predicted molar refractivity (Wildman–Crippen MR) is 143 cm³/mol. The van der Waals surface area contributed by atoms with Gasteiger partial charge in [0, 0.05) is 24.7 Å². The third-order valence-corrected chi connectivity index (χ3v) is 8.45. The average Bonchev–Trinajstić information content (AvgIpc) is 3.12. The highest BCUT2D eigenvalue weighted by atomic mass is 35.5. The number of hydrogen-bond acceptors (Lipinski definition) is 4. The summed E-state index contributed by atoms with van der Waals surface area (Å²) < 4.78 is 28.6. The Morgan fingerprint density at radius 2 is 1.59 bits per heavy atom. The standard InChI is InChI=1S/C28H30ClN3O4S/c29-24-13-15-25(16-14-24)37(35,36)32(26-8-4-5-17-30-28(26)34)20-23-11-9-21(10-12-23)18-27(33)31-19-22-6-2-1-3-7-22/h1-3,6-7,9-16,26H,4-5,8,17-20H2,(H,30,34)(H,31,33)/t26-/m1/s1. The average molecular weight is 540 g/mol. The van der Waals surface area contributed by atoms with Crippen LogP contribution in [0.2, 0.25) is 5.02 Å². The first-order valence-corrected chi connectivity index (χ1v) is 14.1. The van der Waals surface area contributed by atoms with Gasteiger partial charge in [-0.1, -0.05) is 66.2 Å². The summed E-state index contributed by atoms with van der Waals surface area (Å²) in [6.45, 7) is 1.02. The lowest BCUT2D eigenvalue weighted by Gasteiger charge is -2.29. The largest absolute Gasteiger partial charge is 0.355 e. The van der Waals surface area contributed by atoms with Gasteiger partial charge in [0.1, 0.15) is 6.04 Å². The first-order chi connectivity index (χ1) is 17.8. The van der Waals surface area contributed by atoms with Crippen LogP contribution in [-0.2, 0) is 39.1 Å². The summed E-state index contributed by atoms with van der Waals surface area (Å²) in [6, 6.07) is 22.1. The summed E-state index contributed by atoms with van der Waals surface area (Å²) >= 11 is 5.97. The van der Waals surface area contributed by atoms with Crippen LogP contribution in [0.15, 0.2) is 83.8 Å². The van der Waals surface area contributed by atoms with E-state index in [0.717, 1.165) is 29.5 Å². The maximum Gasteiger partial charge on any atom is 0.244 e. The first kappa shape index (κ1) is 26.9. The topological polar surface area (TPSA) is 95.6 Å². The van der Waals surface area contributed by atoms with Gasteiger partial charge in [-0.15, -0.1) is 0 Å². The van der Waals surface area contributed by atoms with Crippen LogP contribution in [0.5, 0.6) is 0 Å². The van der Waals surface area contributed by atoms with Gasteiger partial charge >= 0.3 is 0 Å². The second-order valence-electron chi connectivity index (χ2n) is 9.06. The highest BCUT2D eigenvalue weighted by molar-refractivity contribution is 7.89. The summed E-state index contributed by atoms with van der Waals surface area (Å²) in [4.78, 5) is 25.3. The lowest BCUT2D eigenvalue weighted by Crippen LogP contribution is -2.48. The third-order valence-electron chi connectivity index (χ3n) is 6.33. The number of hydrogen-bond donors (Lipinski definition) is 2. The summed E-state index contributed by atoms with van der Waals surface area (Å²) in [6.07, 6.45) is 2.20. The van der Waals surface area contributed by atoms with Gasteiger partial charge < -0.3 is 10.6 Å². The smallest absolute Gasteiger partial charge is 0.244 e. The fourth-order valence-electron chi connectivity index (χ4n) is 4.29. The molecule has 1 fully saturated rings. The molecule has 2 amide bonds. The maximum absolute atomic E-state index is 13.7. The molecule has 0 radical (unpaired) electrons. The van der Waals surface area contributed by atoms with Crippen molar-refractivity contribution in [2.75, 3.05) is 6.54 Å². The molecule has 1 atom stereocenters. The quantitative estimate of drug-likeness (QED) is 0.429. The van der Waals surface area contributed by atoms with E-state index >= 15 is 0 Å². The molecule has 1 saturated heterocycles. The van der Waals surface area contributed by atoms with E-state index in [1.54, 1.807) is 12.1 Å². The van der Waals surface area contributed by atoms with E-state index in [0.29, 0.717) is 24.5 Å². The monoisotopic (exact) mass is 539 g/mol. The number of amides is 2. The third kappa shape index (κ3) is 7.19. The molecule has 2 N–H and O–H groups in total. The van der Waals surface area contributed by atoms with E-state index < -0.39 is 16.1 Å². The second kappa shape index (κ2) is 12.4. The fraction of sp³-hybridized carbons (Fsp3) is 0.286. The minimum Gasteiger partial charge on any atom is -0.355 e. The molecule has 4 rings (SSSR count). The number of sulfonamides is 1. The van der Waals surface area contributed by atoms with Crippen LogP contribution < -0.4 is 10.6 Å². The first-order valence-electron chi connectivity index (χ1n) is 12.3. The molecular formula is C28H30ClN3O4S. The molecule has 3 aromatic carbocycles. The van der Waals surface area contributed by atoms with Crippen LogP contribution >= 0.6 is 11.6 Å². The van der Waals surface area contributed by atoms with Gasteiger partial charge in [-0.2, -0.15) is 4.31 Å². The molecule has 0 unspecified atom stereocenters. The van der Waals surface area contributed by atoms with Crippen LogP contribution in [0.25, 0.3) is 0 Å². The Labute approximate surface area is 222 Å². The second-order valence-corrected chi connectivity index (χ2v) is 11.4. The Hall–Kier alpha value is -3.20. The summed E-state index contributed by atoms with van der Waals surface area (Å²) in [7, 11) is -3.98. The van der Waals surface area contributed by atoms with Crippen LogP contribution in [-0.4, -0.2) is 37.1 Å². The minimum absolute atomic E-state index is 0.0313. The van der Waals surface area contributed by atoms with Crippen molar-refractivity contribution in [3.05, 3.63) is 101 Å². The van der Waals surface area contributed by atoms with Crippen molar-refractivity contribution < 1.29 is 18.0 Å². The van der Waals surface area contributed by atoms with Crippen LogP contribution in [0.1, 0.15) is 36.0 Å². The molecule has 0 spiro atoms. The molecule has 194 valence electrons. The van der Waals surface area contributed by atoms with Crippen molar-refractivity contribution in [2.24, 2.45) is 0 Å². The zero-order valence-corrected chi connectivity index (χ0v) is 22.0. The lowest BCUT2D eigenvalue weighted by molar-refractivity contribution is -0.124. The molecule has 0 saturated carbocycles. The Kier molecular flexibility index (Phi) is 8.97. The van der Waals surface area contributed by atoms with Crippen molar-refractivity contribution in [2.45, 2.75) is 49.7 Å². The molecule has 3 aromatic rings. The van der Waals surface area contributed by atoms with Crippen molar-refractivity contribution in [1.29, 1.82) is 0 Å². The molecular weight excluding hydrogens is 510 g/mol. The Morgan fingerprint density at radius 1 is 0.919 bits per heavy atom. The van der Waals surface area contributed by atoms with Crippen molar-refractivity contribution >= 4 is 33.4 Å². The molecule has 7 nitrogen and oxygen atoms in total. The molecule has 1 aliphatic heterocycles. The lowest BCUT2D eigenvalue weighted by atomic mass is 10.1. The molecule has 9 heteroatoms. The number of nitrogens with one attached hydrogen (secondary N) is 2. The zero-order valence-electron chi connectivity index (χ0n) is 20.4. The number of carbonyl (C=O) groups is 2. The Bertz CT molecular complexity index is 1310. The number of rotatable bonds is 9. The van der Waals surface area contributed by atoms with Gasteiger partial charge in [-0.05, 0) is 60.2 Å². The van der Waals surface area contributed by atoms with Crippen molar-refractivity contribution in [3.8, 4) is 0 Å². The summed E-state index contributed by atoms with van der Waals surface area (Å²) in [5.74, 6) is -0.389. The Balaban J connectivity index is 1.49. The van der Waals surface area contributed by atoms with Gasteiger partial charge in [-0.3, -0.25) is 9.59 Å². The zero-order chi connectivity index (χ0) is 26.3. The van der Waals surface area contributed by atoms with Crippen LogP contribution in [0, 0.1) is 0 Å². The molecule has 0 bridgehead atoms. The van der Waals surface area contributed by atoms with Crippen molar-refractivity contribution in [3.63, 3.8) is 0 Å². The van der Waals surface area contributed by atoms with Gasteiger partial charge in [0.25, 0.3) is 0 Å². The number of carbonyl (C=O) groups excluding carboxylic acids is 2. The van der Waals surface area contributed by atoms with Gasteiger partial charge in [0.2, 0.25) is 21.8 Å². The van der Waals surface area contributed by atoms with Crippen LogP contribution in [0.3, 0.4) is 0 Å². The number of halogens is 1. The molecule has 37 heavy (non-hydrogen) atoms. The van der Waals surface area contributed by atoms with Crippen LogP contribution in [0.4, 0.5) is 0 Å². The summed E-state index contributed by atoms with van der Waals surface area (Å²) in [5, 5.41) is 6.18. The highest BCUT2D eigenvalue weighted by Gasteiger charge is 2.36. The van der Waals surface area contributed by atoms with E-state index in [4.69, 9.17) is 11.6 Å². The van der Waals surface area contributed by atoms with E-state index in [-0.39, 0.29) is 29.7 Å². The summed E-state index contributed by atoms with van der Waals surface area (Å²) in [5.41, 5.74) is 2.56.